The summed E-state index contributed by atoms with van der Waals surface area (Å²) in [4.78, 5) is 37.9. The van der Waals surface area contributed by atoms with Crippen LogP contribution in [0, 0.1) is 6.92 Å². The van der Waals surface area contributed by atoms with E-state index in [1.54, 1.807) is 23.1 Å². The number of aryl methyl sites for hydroxylation is 1. The molecular weight excluding hydrogens is 356 g/mol. The van der Waals surface area contributed by atoms with Gasteiger partial charge in [-0.25, -0.2) is 0 Å². The molecule has 2 aromatic carbocycles. The summed E-state index contributed by atoms with van der Waals surface area (Å²) in [7, 11) is 0. The number of amides is 3. The van der Waals surface area contributed by atoms with Crippen molar-refractivity contribution in [1.29, 1.82) is 0 Å². The van der Waals surface area contributed by atoms with Gasteiger partial charge in [-0.2, -0.15) is 0 Å². The van der Waals surface area contributed by atoms with E-state index in [2.05, 4.69) is 16.2 Å². The second kappa shape index (κ2) is 8.56. The Hall–Kier alpha value is -3.35. The van der Waals surface area contributed by atoms with E-state index < -0.39 is 5.91 Å². The van der Waals surface area contributed by atoms with E-state index in [4.69, 9.17) is 0 Å². The van der Waals surface area contributed by atoms with Crippen LogP contribution >= 0.6 is 0 Å². The number of carbonyl (C=O) groups excluding carboxylic acids is 3. The normalized spacial score (nSPS) is 12.3. The second-order valence-electron chi connectivity index (χ2n) is 6.71. The van der Waals surface area contributed by atoms with Gasteiger partial charge in [-0.15, -0.1) is 0 Å². The standard InChI is InChI=1S/C21H24N4O3/c1-3-20(27)25-11-10-15-12-16(6-9-18(15)25)21(28)24-23-19(26)13-22-17-7-4-14(2)5-8-17/h4-9,12,22H,3,10-11,13H2,1-2H3,(H,23,26)(H,24,28). The van der Waals surface area contributed by atoms with Gasteiger partial charge in [0.05, 0.1) is 6.54 Å². The number of hydrazine groups is 1. The average molecular weight is 380 g/mol. The van der Waals surface area contributed by atoms with Gasteiger partial charge in [-0.05, 0) is 49.2 Å². The van der Waals surface area contributed by atoms with Crippen molar-refractivity contribution in [3.05, 3.63) is 59.2 Å². The van der Waals surface area contributed by atoms with Gasteiger partial charge in [0.15, 0.2) is 0 Å². The Balaban J connectivity index is 1.51. The van der Waals surface area contributed by atoms with Crippen molar-refractivity contribution in [3.8, 4) is 0 Å². The predicted octanol–water partition coefficient (Wildman–Crippen LogP) is 2.17. The van der Waals surface area contributed by atoms with Crippen LogP contribution < -0.4 is 21.1 Å². The number of hydrogen-bond donors (Lipinski definition) is 3. The van der Waals surface area contributed by atoms with Crippen molar-refractivity contribution in [2.75, 3.05) is 23.3 Å². The predicted molar refractivity (Wildman–Crippen MR) is 108 cm³/mol. The van der Waals surface area contributed by atoms with Gasteiger partial charge >= 0.3 is 0 Å². The first-order chi connectivity index (χ1) is 13.5. The van der Waals surface area contributed by atoms with Crippen molar-refractivity contribution in [1.82, 2.24) is 10.9 Å². The highest BCUT2D eigenvalue weighted by Crippen LogP contribution is 2.29. The third-order valence-corrected chi connectivity index (χ3v) is 4.66. The Morgan fingerprint density at radius 3 is 2.50 bits per heavy atom. The minimum atomic E-state index is -0.397. The van der Waals surface area contributed by atoms with Crippen LogP contribution in [0.15, 0.2) is 42.5 Å². The van der Waals surface area contributed by atoms with Crippen LogP contribution in [0.2, 0.25) is 0 Å². The number of benzene rings is 2. The third-order valence-electron chi connectivity index (χ3n) is 4.66. The molecule has 7 heteroatoms. The summed E-state index contributed by atoms with van der Waals surface area (Å²) in [6.07, 6.45) is 1.17. The Bertz CT molecular complexity index is 893. The van der Waals surface area contributed by atoms with Crippen LogP contribution in [0.3, 0.4) is 0 Å². The van der Waals surface area contributed by atoms with Gasteiger partial charge in [0, 0.05) is 29.9 Å². The first-order valence-electron chi connectivity index (χ1n) is 9.31. The molecule has 1 aliphatic rings. The van der Waals surface area contributed by atoms with Crippen molar-refractivity contribution in [2.24, 2.45) is 0 Å². The lowest BCUT2D eigenvalue weighted by Gasteiger charge is -2.16. The molecule has 3 amide bonds. The SMILES string of the molecule is CCC(=O)N1CCc2cc(C(=O)NNC(=O)CNc3ccc(C)cc3)ccc21. The van der Waals surface area contributed by atoms with Crippen LogP contribution in [-0.4, -0.2) is 30.8 Å². The first-order valence-corrected chi connectivity index (χ1v) is 9.31. The smallest absolute Gasteiger partial charge is 0.269 e. The number of hydrogen-bond acceptors (Lipinski definition) is 4. The van der Waals surface area contributed by atoms with E-state index in [1.807, 2.05) is 38.1 Å². The fourth-order valence-electron chi connectivity index (χ4n) is 3.09. The molecule has 0 saturated heterocycles. The quantitative estimate of drug-likeness (QED) is 0.694. The fourth-order valence-corrected chi connectivity index (χ4v) is 3.09. The monoisotopic (exact) mass is 380 g/mol. The second-order valence-corrected chi connectivity index (χ2v) is 6.71. The lowest BCUT2D eigenvalue weighted by atomic mass is 10.1. The number of rotatable bonds is 5. The highest BCUT2D eigenvalue weighted by Gasteiger charge is 2.24. The number of carbonyl (C=O) groups is 3. The summed E-state index contributed by atoms with van der Waals surface area (Å²) in [6, 6.07) is 12.9. The number of fused-ring (bicyclic) bond motifs is 1. The fraction of sp³-hybridized carbons (Fsp3) is 0.286. The van der Waals surface area contributed by atoms with Crippen molar-refractivity contribution in [3.63, 3.8) is 0 Å². The van der Waals surface area contributed by atoms with Gasteiger partial charge in [0.1, 0.15) is 0 Å². The van der Waals surface area contributed by atoms with Crippen LogP contribution in [0.5, 0.6) is 0 Å². The van der Waals surface area contributed by atoms with E-state index in [1.165, 1.54) is 0 Å². The molecule has 3 rings (SSSR count). The lowest BCUT2D eigenvalue weighted by molar-refractivity contribution is -0.120. The molecule has 1 aliphatic heterocycles. The first kappa shape index (κ1) is 19.4. The number of anilines is 2. The molecule has 28 heavy (non-hydrogen) atoms. The molecule has 0 atom stereocenters. The van der Waals surface area contributed by atoms with E-state index in [0.717, 1.165) is 28.9 Å². The minimum absolute atomic E-state index is 0.0433. The zero-order valence-electron chi connectivity index (χ0n) is 16.0. The molecule has 0 aromatic heterocycles. The van der Waals surface area contributed by atoms with Crippen LogP contribution in [0.25, 0.3) is 0 Å². The summed E-state index contributed by atoms with van der Waals surface area (Å²) in [5.41, 5.74) is 9.05. The van der Waals surface area contributed by atoms with Crippen molar-refractivity contribution >= 4 is 29.1 Å². The Labute approximate surface area is 164 Å². The molecule has 1 heterocycles. The zero-order valence-corrected chi connectivity index (χ0v) is 16.0. The number of nitrogens with zero attached hydrogens (tertiary/aromatic N) is 1. The van der Waals surface area contributed by atoms with Gasteiger partial charge < -0.3 is 10.2 Å². The molecule has 0 bridgehead atoms. The van der Waals surface area contributed by atoms with E-state index in [9.17, 15) is 14.4 Å². The summed E-state index contributed by atoms with van der Waals surface area (Å²) in [5, 5.41) is 2.99. The average Bonchev–Trinajstić information content (AvgIpc) is 3.14. The van der Waals surface area contributed by atoms with E-state index in [-0.39, 0.29) is 18.4 Å². The summed E-state index contributed by atoms with van der Waals surface area (Å²) >= 11 is 0. The Morgan fingerprint density at radius 1 is 1.04 bits per heavy atom. The van der Waals surface area contributed by atoms with Gasteiger partial charge in [0.2, 0.25) is 5.91 Å². The van der Waals surface area contributed by atoms with Gasteiger partial charge in [-0.3, -0.25) is 25.2 Å². The Morgan fingerprint density at radius 2 is 1.79 bits per heavy atom. The summed E-state index contributed by atoms with van der Waals surface area (Å²) in [6.45, 7) is 4.50. The molecule has 0 unspecified atom stereocenters. The highest BCUT2D eigenvalue weighted by atomic mass is 16.2. The van der Waals surface area contributed by atoms with E-state index in [0.29, 0.717) is 18.5 Å². The zero-order chi connectivity index (χ0) is 20.1. The number of nitrogens with one attached hydrogen (secondary N) is 3. The van der Waals surface area contributed by atoms with Crippen LogP contribution in [0.1, 0.15) is 34.8 Å². The molecule has 0 fully saturated rings. The molecule has 2 aromatic rings. The summed E-state index contributed by atoms with van der Waals surface area (Å²) in [5.74, 6) is -0.675. The maximum absolute atomic E-state index is 12.3. The minimum Gasteiger partial charge on any atom is -0.376 e. The molecule has 0 aliphatic carbocycles. The van der Waals surface area contributed by atoms with Gasteiger partial charge in [-0.1, -0.05) is 24.6 Å². The molecular formula is C21H24N4O3. The molecule has 146 valence electrons. The van der Waals surface area contributed by atoms with Crippen molar-refractivity contribution in [2.45, 2.75) is 26.7 Å². The third kappa shape index (κ3) is 4.49. The molecule has 0 spiro atoms. The van der Waals surface area contributed by atoms with Gasteiger partial charge in [0.25, 0.3) is 11.8 Å². The molecule has 7 nitrogen and oxygen atoms in total. The van der Waals surface area contributed by atoms with Crippen LogP contribution in [-0.2, 0) is 16.0 Å². The van der Waals surface area contributed by atoms with E-state index >= 15 is 0 Å². The Kier molecular flexibility index (Phi) is 5.93. The highest BCUT2D eigenvalue weighted by molar-refractivity contribution is 5.99. The molecule has 0 radical (unpaired) electrons. The maximum atomic E-state index is 12.3. The summed E-state index contributed by atoms with van der Waals surface area (Å²) < 4.78 is 0. The molecule has 0 saturated carbocycles. The molecule has 3 N–H and O–H groups in total. The lowest BCUT2D eigenvalue weighted by Crippen LogP contribution is -2.44. The largest absolute Gasteiger partial charge is 0.376 e. The topological polar surface area (TPSA) is 90.5 Å². The van der Waals surface area contributed by atoms with Crippen LogP contribution in [0.4, 0.5) is 11.4 Å². The van der Waals surface area contributed by atoms with Crippen molar-refractivity contribution < 1.29 is 14.4 Å². The maximum Gasteiger partial charge on any atom is 0.269 e.